The number of fused-ring (bicyclic) bond motifs is 1. The Kier molecular flexibility index (Phi) is 6.93. The Balaban J connectivity index is 1.84. The van der Waals surface area contributed by atoms with E-state index >= 15 is 0 Å². The van der Waals surface area contributed by atoms with Crippen LogP contribution in [0.15, 0.2) is 60.8 Å². The zero-order chi connectivity index (χ0) is 25.1. The Bertz CT molecular complexity index is 1380. The molecular formula is C26H23ClN2O6. The SMILES string of the molecule is CC(C)Oc1ccc(-n2c(CC(=O)O)c(C(=O)O)c3cc(Oc4ccc(CCl)cn4)ccc32)cc1. The van der Waals surface area contributed by atoms with E-state index in [9.17, 15) is 19.8 Å². The summed E-state index contributed by atoms with van der Waals surface area (Å²) in [6.45, 7) is 3.83. The summed E-state index contributed by atoms with van der Waals surface area (Å²) in [5.41, 5.74) is 2.04. The predicted octanol–water partition coefficient (Wildman–Crippen LogP) is 5.67. The van der Waals surface area contributed by atoms with Gasteiger partial charge in [0.2, 0.25) is 5.88 Å². The molecule has 2 heterocycles. The highest BCUT2D eigenvalue weighted by molar-refractivity contribution is 6.17. The van der Waals surface area contributed by atoms with Gasteiger partial charge in [-0.2, -0.15) is 0 Å². The van der Waals surface area contributed by atoms with E-state index in [0.29, 0.717) is 39.8 Å². The molecule has 4 aromatic rings. The third-order valence-corrected chi connectivity index (χ3v) is 5.52. The van der Waals surface area contributed by atoms with Crippen LogP contribution in [-0.4, -0.2) is 37.8 Å². The van der Waals surface area contributed by atoms with Crippen LogP contribution in [0.1, 0.15) is 35.5 Å². The molecule has 0 aliphatic rings. The van der Waals surface area contributed by atoms with Crippen molar-refractivity contribution in [2.45, 2.75) is 32.3 Å². The van der Waals surface area contributed by atoms with Crippen LogP contribution in [0.4, 0.5) is 0 Å². The molecule has 0 radical (unpaired) electrons. The smallest absolute Gasteiger partial charge is 0.338 e. The quantitative estimate of drug-likeness (QED) is 0.288. The minimum absolute atomic E-state index is 0.00603. The second-order valence-corrected chi connectivity index (χ2v) is 8.38. The molecule has 0 amide bonds. The fraction of sp³-hybridized carbons (Fsp3) is 0.192. The number of halogens is 1. The first kappa shape index (κ1) is 24.1. The number of alkyl halides is 1. The third-order valence-electron chi connectivity index (χ3n) is 5.21. The van der Waals surface area contributed by atoms with E-state index < -0.39 is 18.4 Å². The molecule has 0 saturated carbocycles. The summed E-state index contributed by atoms with van der Waals surface area (Å²) in [5, 5.41) is 19.9. The lowest BCUT2D eigenvalue weighted by atomic mass is 10.1. The number of aromatic carboxylic acids is 1. The van der Waals surface area contributed by atoms with Gasteiger partial charge in [-0.05, 0) is 61.9 Å². The van der Waals surface area contributed by atoms with Gasteiger partial charge in [0, 0.05) is 34.9 Å². The molecule has 0 fully saturated rings. The van der Waals surface area contributed by atoms with Crippen LogP contribution in [0, 0.1) is 0 Å². The summed E-state index contributed by atoms with van der Waals surface area (Å²) in [6, 6.07) is 15.5. The summed E-state index contributed by atoms with van der Waals surface area (Å²) >= 11 is 5.80. The van der Waals surface area contributed by atoms with Crippen molar-refractivity contribution in [3.63, 3.8) is 0 Å². The number of ether oxygens (including phenoxy) is 2. The van der Waals surface area contributed by atoms with E-state index in [0.717, 1.165) is 5.56 Å². The number of aliphatic carboxylic acids is 1. The van der Waals surface area contributed by atoms with Gasteiger partial charge in [0.25, 0.3) is 0 Å². The number of nitrogens with zero attached hydrogens (tertiary/aromatic N) is 2. The fourth-order valence-electron chi connectivity index (χ4n) is 3.85. The monoisotopic (exact) mass is 494 g/mol. The van der Waals surface area contributed by atoms with E-state index in [4.69, 9.17) is 21.1 Å². The summed E-state index contributed by atoms with van der Waals surface area (Å²) < 4.78 is 13.2. The van der Waals surface area contributed by atoms with Gasteiger partial charge in [0.05, 0.1) is 23.6 Å². The maximum Gasteiger partial charge on any atom is 0.338 e. The van der Waals surface area contributed by atoms with E-state index in [-0.39, 0.29) is 17.4 Å². The summed E-state index contributed by atoms with van der Waals surface area (Å²) in [5.74, 6) is -0.706. The number of rotatable bonds is 9. The largest absolute Gasteiger partial charge is 0.491 e. The molecule has 0 atom stereocenters. The Morgan fingerprint density at radius 1 is 1.03 bits per heavy atom. The minimum atomic E-state index is -1.23. The van der Waals surface area contributed by atoms with E-state index in [1.165, 1.54) is 0 Å². The molecule has 2 aromatic heterocycles. The number of pyridine rings is 1. The fourth-order valence-corrected chi connectivity index (χ4v) is 4.01. The highest BCUT2D eigenvalue weighted by Crippen LogP contribution is 2.34. The van der Waals surface area contributed by atoms with Gasteiger partial charge in [-0.15, -0.1) is 11.6 Å². The Hall–Kier alpha value is -4.04. The minimum Gasteiger partial charge on any atom is -0.491 e. The zero-order valence-corrected chi connectivity index (χ0v) is 19.8. The number of aromatic nitrogens is 2. The lowest BCUT2D eigenvalue weighted by Crippen LogP contribution is -2.11. The molecule has 35 heavy (non-hydrogen) atoms. The van der Waals surface area contributed by atoms with E-state index in [1.807, 2.05) is 13.8 Å². The summed E-state index contributed by atoms with van der Waals surface area (Å²) in [7, 11) is 0. The van der Waals surface area contributed by atoms with Crippen LogP contribution in [-0.2, 0) is 17.1 Å². The van der Waals surface area contributed by atoms with Gasteiger partial charge < -0.3 is 24.3 Å². The standard InChI is InChI=1S/C26H23ClN2O6/c1-15(2)34-18-6-4-17(5-7-18)29-21-9-8-19(35-23-10-3-16(13-27)14-28-23)11-20(21)25(26(32)33)22(29)12-24(30)31/h3-11,14-15H,12-13H2,1-2H3,(H,30,31)(H,32,33). The van der Waals surface area contributed by atoms with Crippen LogP contribution in [0.3, 0.4) is 0 Å². The maximum atomic E-state index is 12.3. The average Bonchev–Trinajstić information content (AvgIpc) is 3.12. The van der Waals surface area contributed by atoms with Crippen molar-refractivity contribution in [3.8, 4) is 23.1 Å². The van der Waals surface area contributed by atoms with Crippen molar-refractivity contribution in [1.82, 2.24) is 9.55 Å². The number of carbonyl (C=O) groups is 2. The van der Waals surface area contributed by atoms with Gasteiger partial charge in [0.1, 0.15) is 11.5 Å². The molecule has 180 valence electrons. The molecule has 2 N–H and O–H groups in total. The van der Waals surface area contributed by atoms with E-state index in [1.54, 1.807) is 65.4 Å². The molecular weight excluding hydrogens is 472 g/mol. The molecule has 0 saturated heterocycles. The lowest BCUT2D eigenvalue weighted by molar-refractivity contribution is -0.136. The Morgan fingerprint density at radius 2 is 1.74 bits per heavy atom. The molecule has 0 spiro atoms. The second kappa shape index (κ2) is 10.1. The first-order valence-electron chi connectivity index (χ1n) is 10.8. The van der Waals surface area contributed by atoms with Crippen molar-refractivity contribution < 1.29 is 29.3 Å². The van der Waals surface area contributed by atoms with Gasteiger partial charge in [-0.25, -0.2) is 9.78 Å². The zero-order valence-electron chi connectivity index (χ0n) is 19.1. The summed E-state index contributed by atoms with van der Waals surface area (Å²) in [6.07, 6.45) is 1.11. The van der Waals surface area contributed by atoms with Crippen LogP contribution in [0.5, 0.6) is 17.4 Å². The van der Waals surface area contributed by atoms with Crippen molar-refractivity contribution in [2.24, 2.45) is 0 Å². The Morgan fingerprint density at radius 3 is 2.31 bits per heavy atom. The summed E-state index contributed by atoms with van der Waals surface area (Å²) in [4.78, 5) is 28.2. The van der Waals surface area contributed by atoms with Crippen LogP contribution < -0.4 is 9.47 Å². The normalized spacial score (nSPS) is 11.1. The maximum absolute atomic E-state index is 12.3. The molecule has 0 unspecified atom stereocenters. The average molecular weight is 495 g/mol. The highest BCUT2D eigenvalue weighted by Gasteiger charge is 2.25. The van der Waals surface area contributed by atoms with Gasteiger partial charge >= 0.3 is 11.9 Å². The van der Waals surface area contributed by atoms with Crippen LogP contribution >= 0.6 is 11.6 Å². The van der Waals surface area contributed by atoms with Crippen molar-refractivity contribution >= 4 is 34.4 Å². The first-order valence-corrected chi connectivity index (χ1v) is 11.4. The van der Waals surface area contributed by atoms with Gasteiger partial charge in [-0.3, -0.25) is 4.79 Å². The number of carboxylic acids is 2. The first-order chi connectivity index (χ1) is 16.8. The molecule has 0 aliphatic carbocycles. The highest BCUT2D eigenvalue weighted by atomic mass is 35.5. The Labute approximate surface area is 206 Å². The van der Waals surface area contributed by atoms with E-state index in [2.05, 4.69) is 4.98 Å². The van der Waals surface area contributed by atoms with Crippen LogP contribution in [0.2, 0.25) is 0 Å². The number of benzene rings is 2. The molecule has 2 aromatic carbocycles. The van der Waals surface area contributed by atoms with Crippen molar-refractivity contribution in [1.29, 1.82) is 0 Å². The van der Waals surface area contributed by atoms with Gasteiger partial charge in [0.15, 0.2) is 0 Å². The molecule has 4 rings (SSSR count). The predicted molar refractivity (Wildman–Crippen MR) is 131 cm³/mol. The topological polar surface area (TPSA) is 111 Å². The molecule has 9 heteroatoms. The number of carboxylic acid groups (broad SMARTS) is 2. The molecule has 8 nitrogen and oxygen atoms in total. The molecule has 0 bridgehead atoms. The van der Waals surface area contributed by atoms with Crippen molar-refractivity contribution in [2.75, 3.05) is 0 Å². The van der Waals surface area contributed by atoms with Gasteiger partial charge in [-0.1, -0.05) is 6.07 Å². The number of hydrogen-bond acceptors (Lipinski definition) is 5. The van der Waals surface area contributed by atoms with Crippen molar-refractivity contribution in [3.05, 3.63) is 77.6 Å². The third kappa shape index (κ3) is 5.22. The lowest BCUT2D eigenvalue weighted by Gasteiger charge is -2.13. The second-order valence-electron chi connectivity index (χ2n) is 8.11. The molecule has 0 aliphatic heterocycles. The van der Waals surface area contributed by atoms with Crippen LogP contribution in [0.25, 0.3) is 16.6 Å². The number of hydrogen-bond donors (Lipinski definition) is 2.